The number of nitrogens with one attached hydrogen (secondary N) is 1. The van der Waals surface area contributed by atoms with E-state index < -0.39 is 0 Å². The number of hydrogen-bond donors (Lipinski definition) is 1. The van der Waals surface area contributed by atoms with Crippen molar-refractivity contribution in [2.24, 2.45) is 0 Å². The van der Waals surface area contributed by atoms with Gasteiger partial charge in [-0.2, -0.15) is 0 Å². The maximum absolute atomic E-state index is 13.0. The summed E-state index contributed by atoms with van der Waals surface area (Å²) in [4.78, 5) is 14.2. The number of halogens is 1. The molecule has 0 aliphatic carbocycles. The second-order valence-electron chi connectivity index (χ2n) is 5.59. The third-order valence-corrected chi connectivity index (χ3v) is 4.05. The molecule has 3 nitrogen and oxygen atoms in total. The van der Waals surface area contributed by atoms with Crippen molar-refractivity contribution in [3.05, 3.63) is 35.6 Å². The molecular weight excluding hydrogens is 255 g/mol. The minimum absolute atomic E-state index is 0.209. The van der Waals surface area contributed by atoms with Crippen molar-refractivity contribution in [3.63, 3.8) is 0 Å². The molecule has 2 unspecified atom stereocenters. The Morgan fingerprint density at radius 1 is 1.40 bits per heavy atom. The van der Waals surface area contributed by atoms with Crippen molar-refractivity contribution < 1.29 is 9.18 Å². The van der Waals surface area contributed by atoms with Gasteiger partial charge in [0.1, 0.15) is 5.82 Å². The van der Waals surface area contributed by atoms with E-state index in [1.807, 2.05) is 24.1 Å². The molecule has 1 heterocycles. The van der Waals surface area contributed by atoms with Gasteiger partial charge in [0.15, 0.2) is 0 Å². The summed E-state index contributed by atoms with van der Waals surface area (Å²) >= 11 is 0. The third kappa shape index (κ3) is 3.57. The van der Waals surface area contributed by atoms with Gasteiger partial charge in [-0.15, -0.1) is 0 Å². The number of likely N-dealkylation sites (tertiary alicyclic amines) is 1. The normalized spacial score (nSPS) is 22.2. The fourth-order valence-electron chi connectivity index (χ4n) is 2.91. The van der Waals surface area contributed by atoms with Gasteiger partial charge in [0.2, 0.25) is 5.91 Å². The molecule has 1 aromatic rings. The number of nitrogens with zero attached hydrogens (tertiary/aromatic N) is 1. The Morgan fingerprint density at radius 3 is 2.75 bits per heavy atom. The van der Waals surface area contributed by atoms with Gasteiger partial charge in [0, 0.05) is 24.9 Å². The van der Waals surface area contributed by atoms with Gasteiger partial charge >= 0.3 is 0 Å². The highest BCUT2D eigenvalue weighted by molar-refractivity contribution is 5.77. The number of carbonyl (C=O) groups excluding carboxylic acids is 1. The molecule has 1 amide bonds. The molecule has 0 spiro atoms. The maximum atomic E-state index is 13.0. The molecule has 1 aliphatic rings. The summed E-state index contributed by atoms with van der Waals surface area (Å²) < 4.78 is 13.0. The van der Waals surface area contributed by atoms with E-state index in [9.17, 15) is 9.18 Å². The zero-order valence-electron chi connectivity index (χ0n) is 12.2. The molecule has 1 fully saturated rings. The average Bonchev–Trinajstić information content (AvgIpc) is 2.82. The number of benzene rings is 1. The molecule has 0 bridgehead atoms. The number of rotatable bonds is 5. The highest BCUT2D eigenvalue weighted by atomic mass is 19.1. The molecule has 0 radical (unpaired) electrons. The van der Waals surface area contributed by atoms with E-state index in [4.69, 9.17) is 0 Å². The van der Waals surface area contributed by atoms with Crippen LogP contribution in [0.4, 0.5) is 4.39 Å². The van der Waals surface area contributed by atoms with Crippen molar-refractivity contribution in [2.45, 2.75) is 38.1 Å². The van der Waals surface area contributed by atoms with Crippen molar-refractivity contribution in [2.75, 3.05) is 20.1 Å². The van der Waals surface area contributed by atoms with Gasteiger partial charge in [-0.1, -0.05) is 12.1 Å². The first kappa shape index (κ1) is 15.0. The van der Waals surface area contributed by atoms with Crippen LogP contribution < -0.4 is 5.32 Å². The van der Waals surface area contributed by atoms with E-state index >= 15 is 0 Å². The summed E-state index contributed by atoms with van der Waals surface area (Å²) in [5, 5.41) is 3.06. The van der Waals surface area contributed by atoms with Gasteiger partial charge < -0.3 is 10.2 Å². The molecule has 20 heavy (non-hydrogen) atoms. The highest BCUT2D eigenvalue weighted by Gasteiger charge is 2.32. The fraction of sp³-hybridized carbons (Fsp3) is 0.562. The van der Waals surface area contributed by atoms with E-state index in [0.29, 0.717) is 12.3 Å². The van der Waals surface area contributed by atoms with Crippen molar-refractivity contribution in [1.82, 2.24) is 10.2 Å². The SMILES string of the molecule is CNCCCC(=O)N1CC(c2ccc(F)cc2)CC1C. The molecule has 0 aromatic heterocycles. The lowest BCUT2D eigenvalue weighted by atomic mass is 9.97. The Balaban J connectivity index is 1.94. The molecule has 2 rings (SSSR count). The zero-order chi connectivity index (χ0) is 14.5. The van der Waals surface area contributed by atoms with Crippen LogP contribution in [0.1, 0.15) is 37.7 Å². The second kappa shape index (κ2) is 6.84. The van der Waals surface area contributed by atoms with E-state index in [2.05, 4.69) is 12.2 Å². The van der Waals surface area contributed by atoms with Crippen LogP contribution in [0.3, 0.4) is 0 Å². The van der Waals surface area contributed by atoms with Crippen LogP contribution in [0.5, 0.6) is 0 Å². The summed E-state index contributed by atoms with van der Waals surface area (Å²) in [6, 6.07) is 6.94. The van der Waals surface area contributed by atoms with Crippen molar-refractivity contribution >= 4 is 5.91 Å². The fourth-order valence-corrected chi connectivity index (χ4v) is 2.91. The Hall–Kier alpha value is -1.42. The van der Waals surface area contributed by atoms with E-state index in [0.717, 1.165) is 31.5 Å². The minimum Gasteiger partial charge on any atom is -0.339 e. The summed E-state index contributed by atoms with van der Waals surface area (Å²) in [6.07, 6.45) is 2.44. The van der Waals surface area contributed by atoms with Gasteiger partial charge in [-0.3, -0.25) is 4.79 Å². The van der Waals surface area contributed by atoms with Crippen molar-refractivity contribution in [3.8, 4) is 0 Å². The van der Waals surface area contributed by atoms with Crippen LogP contribution in [0.2, 0.25) is 0 Å². The molecule has 4 heteroatoms. The van der Waals surface area contributed by atoms with E-state index in [1.165, 1.54) is 12.1 Å². The summed E-state index contributed by atoms with van der Waals surface area (Å²) in [6.45, 7) is 3.72. The summed E-state index contributed by atoms with van der Waals surface area (Å²) in [7, 11) is 1.90. The maximum Gasteiger partial charge on any atom is 0.222 e. The Morgan fingerprint density at radius 2 is 2.10 bits per heavy atom. The van der Waals surface area contributed by atoms with Gasteiger partial charge in [0.25, 0.3) is 0 Å². The predicted octanol–water partition coefficient (Wildman–Crippen LogP) is 2.53. The molecule has 1 saturated heterocycles. The number of hydrogen-bond acceptors (Lipinski definition) is 2. The van der Waals surface area contributed by atoms with Crippen LogP contribution in [-0.4, -0.2) is 37.0 Å². The quantitative estimate of drug-likeness (QED) is 0.839. The van der Waals surface area contributed by atoms with E-state index in [1.54, 1.807) is 0 Å². The van der Waals surface area contributed by atoms with Gasteiger partial charge in [-0.05, 0) is 51.1 Å². The van der Waals surface area contributed by atoms with Crippen LogP contribution in [0, 0.1) is 5.82 Å². The van der Waals surface area contributed by atoms with Crippen LogP contribution >= 0.6 is 0 Å². The second-order valence-corrected chi connectivity index (χ2v) is 5.59. The van der Waals surface area contributed by atoms with Gasteiger partial charge in [0.05, 0.1) is 0 Å². The molecule has 1 N–H and O–H groups in total. The van der Waals surface area contributed by atoms with Gasteiger partial charge in [-0.25, -0.2) is 4.39 Å². The third-order valence-electron chi connectivity index (χ3n) is 4.05. The first-order chi connectivity index (χ1) is 9.61. The predicted molar refractivity (Wildman–Crippen MR) is 78.1 cm³/mol. The lowest BCUT2D eigenvalue weighted by Crippen LogP contribution is -2.34. The number of carbonyl (C=O) groups is 1. The molecule has 2 atom stereocenters. The van der Waals surface area contributed by atoms with Crippen LogP contribution in [0.25, 0.3) is 0 Å². The lowest BCUT2D eigenvalue weighted by molar-refractivity contribution is -0.131. The summed E-state index contributed by atoms with van der Waals surface area (Å²) in [5.41, 5.74) is 1.13. The summed E-state index contributed by atoms with van der Waals surface area (Å²) in [5.74, 6) is 0.357. The topological polar surface area (TPSA) is 32.3 Å². The molecule has 0 saturated carbocycles. The molecule has 110 valence electrons. The first-order valence-electron chi connectivity index (χ1n) is 7.31. The number of amides is 1. The molecule has 1 aromatic carbocycles. The molecular formula is C16H23FN2O. The first-order valence-corrected chi connectivity index (χ1v) is 7.31. The zero-order valence-corrected chi connectivity index (χ0v) is 12.2. The highest BCUT2D eigenvalue weighted by Crippen LogP contribution is 2.32. The Kier molecular flexibility index (Phi) is 5.12. The Bertz CT molecular complexity index is 446. The largest absolute Gasteiger partial charge is 0.339 e. The standard InChI is InChI=1S/C16H23FN2O/c1-12-10-14(13-5-7-15(17)8-6-13)11-19(12)16(20)4-3-9-18-2/h5-8,12,14,18H,3-4,9-11H2,1-2H3. The minimum atomic E-state index is -0.209. The Labute approximate surface area is 120 Å². The average molecular weight is 278 g/mol. The van der Waals surface area contributed by atoms with Crippen molar-refractivity contribution in [1.29, 1.82) is 0 Å². The lowest BCUT2D eigenvalue weighted by Gasteiger charge is -2.21. The molecule has 1 aliphatic heterocycles. The van der Waals surface area contributed by atoms with Crippen LogP contribution in [-0.2, 0) is 4.79 Å². The smallest absolute Gasteiger partial charge is 0.222 e. The van der Waals surface area contributed by atoms with E-state index in [-0.39, 0.29) is 17.8 Å². The van der Waals surface area contributed by atoms with Crippen LogP contribution in [0.15, 0.2) is 24.3 Å². The monoisotopic (exact) mass is 278 g/mol.